The zero-order chi connectivity index (χ0) is 15.4. The summed E-state index contributed by atoms with van der Waals surface area (Å²) in [4.78, 5) is 16.0. The quantitative estimate of drug-likeness (QED) is 0.632. The average molecular weight is 427 g/mol. The first-order valence-electron chi connectivity index (χ1n) is 6.28. The molecule has 0 unspecified atom stereocenters. The maximum Gasteiger partial charge on any atom is 0.264 e. The van der Waals surface area contributed by atoms with Crippen LogP contribution in [-0.4, -0.2) is 21.9 Å². The third-order valence-electron chi connectivity index (χ3n) is 2.58. The molecular weight excluding hydrogens is 417 g/mol. The standard InChI is InChI=1S/C14H10IN3O3S/c15-11-7-6-10(21-11)13-17-14(22-18-13)16-12(19)8-20-9-4-2-1-3-5-9/h1-7H,8H2,(H,16,17,18,19). The molecule has 1 N–H and O–H groups in total. The average Bonchev–Trinajstić information content (AvgIpc) is 3.15. The second-order valence-electron chi connectivity index (χ2n) is 4.18. The van der Waals surface area contributed by atoms with Gasteiger partial charge >= 0.3 is 0 Å². The maximum absolute atomic E-state index is 11.8. The van der Waals surface area contributed by atoms with Crippen LogP contribution in [0.4, 0.5) is 5.13 Å². The largest absolute Gasteiger partial charge is 0.484 e. The number of aromatic nitrogens is 2. The van der Waals surface area contributed by atoms with Crippen molar-refractivity contribution in [3.8, 4) is 17.3 Å². The van der Waals surface area contributed by atoms with E-state index < -0.39 is 0 Å². The minimum absolute atomic E-state index is 0.0857. The molecule has 0 aliphatic rings. The Hall–Kier alpha value is -1.94. The number of halogens is 1. The lowest BCUT2D eigenvalue weighted by atomic mass is 10.3. The molecule has 1 amide bonds. The van der Waals surface area contributed by atoms with E-state index in [9.17, 15) is 4.79 Å². The molecule has 1 aromatic carbocycles. The number of amides is 1. The summed E-state index contributed by atoms with van der Waals surface area (Å²) in [6, 6.07) is 12.7. The number of ether oxygens (including phenoxy) is 1. The van der Waals surface area contributed by atoms with E-state index in [1.165, 1.54) is 0 Å². The molecule has 0 saturated heterocycles. The van der Waals surface area contributed by atoms with Crippen LogP contribution < -0.4 is 10.1 Å². The fourth-order valence-corrected chi connectivity index (χ4v) is 2.64. The van der Waals surface area contributed by atoms with Crippen LogP contribution in [-0.2, 0) is 4.79 Å². The molecule has 0 saturated carbocycles. The summed E-state index contributed by atoms with van der Waals surface area (Å²) in [7, 11) is 0. The number of para-hydroxylation sites is 1. The van der Waals surface area contributed by atoms with Gasteiger partial charge in [0.15, 0.2) is 16.1 Å². The van der Waals surface area contributed by atoms with Crippen molar-refractivity contribution >= 4 is 45.2 Å². The monoisotopic (exact) mass is 427 g/mol. The van der Waals surface area contributed by atoms with Gasteiger partial charge in [0, 0.05) is 11.5 Å². The fourth-order valence-electron chi connectivity index (χ4n) is 1.63. The Morgan fingerprint density at radius 2 is 2.09 bits per heavy atom. The van der Waals surface area contributed by atoms with Gasteiger partial charge in [-0.1, -0.05) is 18.2 Å². The predicted octanol–water partition coefficient (Wildman–Crippen LogP) is 3.42. The highest BCUT2D eigenvalue weighted by atomic mass is 127. The van der Waals surface area contributed by atoms with Gasteiger partial charge in [0.1, 0.15) is 5.75 Å². The van der Waals surface area contributed by atoms with Crippen LogP contribution in [0.3, 0.4) is 0 Å². The van der Waals surface area contributed by atoms with Crippen molar-refractivity contribution in [1.82, 2.24) is 9.36 Å². The molecule has 6 nitrogen and oxygen atoms in total. The van der Waals surface area contributed by atoms with Gasteiger partial charge in [-0.05, 0) is 46.9 Å². The maximum atomic E-state index is 11.8. The van der Waals surface area contributed by atoms with Crippen molar-refractivity contribution in [3.63, 3.8) is 0 Å². The fraction of sp³-hybridized carbons (Fsp3) is 0.0714. The Bertz CT molecular complexity index is 773. The molecule has 0 atom stereocenters. The Morgan fingerprint density at radius 1 is 1.27 bits per heavy atom. The van der Waals surface area contributed by atoms with Crippen molar-refractivity contribution in [1.29, 1.82) is 0 Å². The van der Waals surface area contributed by atoms with Crippen molar-refractivity contribution in [3.05, 3.63) is 46.2 Å². The molecular formula is C14H10IN3O3S. The SMILES string of the molecule is O=C(COc1ccccc1)Nc1nc(-c2ccc(I)o2)ns1. The van der Waals surface area contributed by atoms with Gasteiger partial charge in [0.25, 0.3) is 5.91 Å². The van der Waals surface area contributed by atoms with Gasteiger partial charge in [-0.3, -0.25) is 10.1 Å². The molecule has 0 bridgehead atoms. The number of carbonyl (C=O) groups is 1. The normalized spacial score (nSPS) is 10.4. The van der Waals surface area contributed by atoms with E-state index in [-0.39, 0.29) is 12.5 Å². The third-order valence-corrected chi connectivity index (χ3v) is 3.79. The second kappa shape index (κ2) is 6.88. The molecule has 112 valence electrons. The molecule has 22 heavy (non-hydrogen) atoms. The Kier molecular flexibility index (Phi) is 4.68. The van der Waals surface area contributed by atoms with Crippen LogP contribution in [0.1, 0.15) is 0 Å². The van der Waals surface area contributed by atoms with Gasteiger partial charge in [-0.25, -0.2) is 0 Å². The lowest BCUT2D eigenvalue weighted by Gasteiger charge is -2.04. The van der Waals surface area contributed by atoms with Crippen LogP contribution >= 0.6 is 34.1 Å². The Balaban J connectivity index is 1.57. The summed E-state index contributed by atoms with van der Waals surface area (Å²) in [5.74, 6) is 1.37. The van der Waals surface area contributed by atoms with Crippen LogP contribution in [0.2, 0.25) is 0 Å². The minimum atomic E-state index is -0.291. The third kappa shape index (κ3) is 3.83. The number of furan rings is 1. The molecule has 3 rings (SSSR count). The highest BCUT2D eigenvalue weighted by molar-refractivity contribution is 14.1. The summed E-state index contributed by atoms with van der Waals surface area (Å²) >= 11 is 3.16. The number of nitrogens with one attached hydrogen (secondary N) is 1. The smallest absolute Gasteiger partial charge is 0.264 e. The summed E-state index contributed by atoms with van der Waals surface area (Å²) in [6.45, 7) is -0.0857. The molecule has 2 heterocycles. The molecule has 0 radical (unpaired) electrons. The van der Waals surface area contributed by atoms with E-state index in [1.54, 1.807) is 18.2 Å². The van der Waals surface area contributed by atoms with Gasteiger partial charge in [-0.2, -0.15) is 9.36 Å². The highest BCUT2D eigenvalue weighted by Crippen LogP contribution is 2.23. The molecule has 3 aromatic rings. The van der Waals surface area contributed by atoms with E-state index in [0.29, 0.717) is 22.5 Å². The number of nitrogens with zero attached hydrogens (tertiary/aromatic N) is 2. The van der Waals surface area contributed by atoms with E-state index >= 15 is 0 Å². The first kappa shape index (κ1) is 15.0. The summed E-state index contributed by atoms with van der Waals surface area (Å²) in [6.07, 6.45) is 0. The number of rotatable bonds is 5. The van der Waals surface area contributed by atoms with Gasteiger partial charge in [0.05, 0.1) is 0 Å². The van der Waals surface area contributed by atoms with Crippen molar-refractivity contribution < 1.29 is 13.9 Å². The highest BCUT2D eigenvalue weighted by Gasteiger charge is 2.12. The number of hydrogen-bond donors (Lipinski definition) is 1. The molecule has 0 aliphatic heterocycles. The van der Waals surface area contributed by atoms with Crippen LogP contribution in [0.5, 0.6) is 5.75 Å². The van der Waals surface area contributed by atoms with Gasteiger partial charge < -0.3 is 9.15 Å². The Labute approximate surface area is 143 Å². The molecule has 0 spiro atoms. The molecule has 0 fully saturated rings. The van der Waals surface area contributed by atoms with Crippen LogP contribution in [0, 0.1) is 3.77 Å². The zero-order valence-corrected chi connectivity index (χ0v) is 14.1. The lowest BCUT2D eigenvalue weighted by molar-refractivity contribution is -0.118. The van der Waals surface area contributed by atoms with Crippen molar-refractivity contribution in [2.75, 3.05) is 11.9 Å². The topological polar surface area (TPSA) is 77.2 Å². The summed E-state index contributed by atoms with van der Waals surface area (Å²) < 4.78 is 15.7. The Morgan fingerprint density at radius 3 is 2.82 bits per heavy atom. The number of carbonyl (C=O) groups excluding carboxylic acids is 1. The molecule has 8 heteroatoms. The van der Waals surface area contributed by atoms with E-state index in [0.717, 1.165) is 15.3 Å². The van der Waals surface area contributed by atoms with Gasteiger partial charge in [0.2, 0.25) is 11.0 Å². The zero-order valence-electron chi connectivity index (χ0n) is 11.2. The lowest BCUT2D eigenvalue weighted by Crippen LogP contribution is -2.19. The second-order valence-corrected chi connectivity index (χ2v) is 5.99. The first-order chi connectivity index (χ1) is 10.7. The minimum Gasteiger partial charge on any atom is -0.484 e. The summed E-state index contributed by atoms with van der Waals surface area (Å²) in [5.41, 5.74) is 0. The number of hydrogen-bond acceptors (Lipinski definition) is 6. The van der Waals surface area contributed by atoms with E-state index in [1.807, 2.05) is 24.3 Å². The van der Waals surface area contributed by atoms with E-state index in [2.05, 4.69) is 37.3 Å². The van der Waals surface area contributed by atoms with Crippen molar-refractivity contribution in [2.45, 2.75) is 0 Å². The van der Waals surface area contributed by atoms with Crippen LogP contribution in [0.25, 0.3) is 11.6 Å². The number of benzene rings is 1. The summed E-state index contributed by atoms with van der Waals surface area (Å²) in [5, 5.41) is 3.05. The molecule has 0 aliphatic carbocycles. The predicted molar refractivity (Wildman–Crippen MR) is 90.9 cm³/mol. The van der Waals surface area contributed by atoms with Crippen LogP contribution in [0.15, 0.2) is 46.9 Å². The van der Waals surface area contributed by atoms with Crippen molar-refractivity contribution in [2.24, 2.45) is 0 Å². The van der Waals surface area contributed by atoms with E-state index in [4.69, 9.17) is 9.15 Å². The first-order valence-corrected chi connectivity index (χ1v) is 8.13. The number of anilines is 1. The van der Waals surface area contributed by atoms with Gasteiger partial charge in [-0.15, -0.1) is 0 Å². The molecule has 2 aromatic heterocycles.